The van der Waals surface area contributed by atoms with Crippen LogP contribution in [0.3, 0.4) is 0 Å². The first-order valence-corrected chi connectivity index (χ1v) is 10.4. The van der Waals surface area contributed by atoms with Crippen LogP contribution in [0.5, 0.6) is 0 Å². The fraction of sp³-hybridized carbons (Fsp3) is 0.333. The zero-order valence-electron chi connectivity index (χ0n) is 18.5. The van der Waals surface area contributed by atoms with E-state index in [9.17, 15) is 19.2 Å². The van der Waals surface area contributed by atoms with Gasteiger partial charge in [-0.3, -0.25) is 14.4 Å². The van der Waals surface area contributed by atoms with Gasteiger partial charge in [0.2, 0.25) is 5.91 Å². The van der Waals surface area contributed by atoms with Crippen LogP contribution in [0.4, 0.5) is 11.4 Å². The fourth-order valence-electron chi connectivity index (χ4n) is 2.88. The van der Waals surface area contributed by atoms with E-state index in [1.807, 2.05) is 26.0 Å². The standard InChI is InChI=1S/C24H28N2O6/c1-4-31-24(30)18-9-11-19(12-10-18)25-21(27)6-5-7-23(29)32-15-22(28)26-20-13-8-16(2)14-17(20)3/h8-14H,4-7,15H2,1-3H3,(H,25,27)(H,26,28). The molecule has 0 aliphatic heterocycles. The summed E-state index contributed by atoms with van der Waals surface area (Å²) in [6.45, 7) is 5.47. The first-order chi connectivity index (χ1) is 15.3. The first kappa shape index (κ1) is 24.6. The van der Waals surface area contributed by atoms with Crippen LogP contribution in [0.1, 0.15) is 47.7 Å². The Balaban J connectivity index is 1.66. The lowest BCUT2D eigenvalue weighted by molar-refractivity contribution is -0.147. The number of anilines is 2. The zero-order valence-corrected chi connectivity index (χ0v) is 18.5. The van der Waals surface area contributed by atoms with Crippen molar-refractivity contribution in [3.8, 4) is 0 Å². The molecule has 0 aliphatic carbocycles. The van der Waals surface area contributed by atoms with Gasteiger partial charge < -0.3 is 20.1 Å². The zero-order chi connectivity index (χ0) is 23.5. The van der Waals surface area contributed by atoms with Gasteiger partial charge in [-0.2, -0.15) is 0 Å². The Bertz CT molecular complexity index is 969. The van der Waals surface area contributed by atoms with Gasteiger partial charge >= 0.3 is 11.9 Å². The molecule has 170 valence electrons. The highest BCUT2D eigenvalue weighted by molar-refractivity contribution is 5.94. The number of esters is 2. The molecule has 0 aliphatic rings. The van der Waals surface area contributed by atoms with E-state index in [1.54, 1.807) is 37.3 Å². The molecule has 0 spiro atoms. The summed E-state index contributed by atoms with van der Waals surface area (Å²) in [7, 11) is 0. The van der Waals surface area contributed by atoms with Crippen molar-refractivity contribution in [2.45, 2.75) is 40.0 Å². The number of hydrogen-bond donors (Lipinski definition) is 2. The Morgan fingerprint density at radius 2 is 1.56 bits per heavy atom. The average molecular weight is 440 g/mol. The lowest BCUT2D eigenvalue weighted by Gasteiger charge is -2.10. The lowest BCUT2D eigenvalue weighted by atomic mass is 10.1. The number of benzene rings is 2. The predicted octanol–water partition coefficient (Wildman–Crippen LogP) is 3.77. The van der Waals surface area contributed by atoms with E-state index < -0.39 is 17.8 Å². The summed E-state index contributed by atoms with van der Waals surface area (Å²) in [5.41, 5.74) is 3.61. The first-order valence-electron chi connectivity index (χ1n) is 10.4. The number of rotatable bonds is 10. The second kappa shape index (κ2) is 12.2. The molecule has 0 saturated heterocycles. The van der Waals surface area contributed by atoms with Gasteiger partial charge in [0.05, 0.1) is 12.2 Å². The van der Waals surface area contributed by atoms with E-state index in [0.29, 0.717) is 16.9 Å². The minimum absolute atomic E-state index is 0.0199. The quantitative estimate of drug-likeness (QED) is 0.544. The summed E-state index contributed by atoms with van der Waals surface area (Å²) in [5.74, 6) is -1.66. The van der Waals surface area contributed by atoms with E-state index in [4.69, 9.17) is 9.47 Å². The van der Waals surface area contributed by atoms with E-state index in [1.165, 1.54) is 0 Å². The number of nitrogens with one attached hydrogen (secondary N) is 2. The highest BCUT2D eigenvalue weighted by atomic mass is 16.5. The van der Waals surface area contributed by atoms with E-state index in [0.717, 1.165) is 11.1 Å². The van der Waals surface area contributed by atoms with Crippen LogP contribution in [0.25, 0.3) is 0 Å². The number of ether oxygens (including phenoxy) is 2. The maximum absolute atomic E-state index is 12.0. The Kier molecular flexibility index (Phi) is 9.41. The molecule has 2 amide bonds. The van der Waals surface area contributed by atoms with Crippen LogP contribution in [-0.4, -0.2) is 37.0 Å². The molecule has 0 radical (unpaired) electrons. The molecule has 0 unspecified atom stereocenters. The third kappa shape index (κ3) is 8.22. The van der Waals surface area contributed by atoms with Gasteiger partial charge in [-0.1, -0.05) is 17.7 Å². The molecule has 2 aromatic rings. The van der Waals surface area contributed by atoms with Gasteiger partial charge in [-0.15, -0.1) is 0 Å². The van der Waals surface area contributed by atoms with Crippen molar-refractivity contribution < 1.29 is 28.7 Å². The molecule has 0 saturated carbocycles. The third-order valence-electron chi connectivity index (χ3n) is 4.48. The van der Waals surface area contributed by atoms with Crippen molar-refractivity contribution in [1.29, 1.82) is 0 Å². The van der Waals surface area contributed by atoms with Gasteiger partial charge in [-0.05, 0) is 63.1 Å². The minimum Gasteiger partial charge on any atom is -0.462 e. The van der Waals surface area contributed by atoms with E-state index in [-0.39, 0.29) is 38.4 Å². The number of hydrogen-bond acceptors (Lipinski definition) is 6. The summed E-state index contributed by atoms with van der Waals surface area (Å²) in [4.78, 5) is 47.4. The Morgan fingerprint density at radius 3 is 2.22 bits per heavy atom. The number of carbonyl (C=O) groups is 4. The third-order valence-corrected chi connectivity index (χ3v) is 4.48. The highest BCUT2D eigenvalue weighted by Crippen LogP contribution is 2.16. The molecular weight excluding hydrogens is 412 g/mol. The van der Waals surface area contributed by atoms with Gasteiger partial charge in [0.25, 0.3) is 5.91 Å². The number of amides is 2. The normalized spacial score (nSPS) is 10.2. The fourth-order valence-corrected chi connectivity index (χ4v) is 2.88. The van der Waals surface area contributed by atoms with Crippen LogP contribution in [0.15, 0.2) is 42.5 Å². The molecule has 0 bridgehead atoms. The van der Waals surface area contributed by atoms with Gasteiger partial charge in [-0.25, -0.2) is 4.79 Å². The molecule has 2 N–H and O–H groups in total. The minimum atomic E-state index is -0.549. The molecule has 0 aromatic heterocycles. The van der Waals surface area contributed by atoms with Crippen LogP contribution in [0.2, 0.25) is 0 Å². The molecule has 8 heteroatoms. The van der Waals surface area contributed by atoms with Crippen molar-refractivity contribution in [3.05, 3.63) is 59.2 Å². The van der Waals surface area contributed by atoms with Crippen LogP contribution >= 0.6 is 0 Å². The SMILES string of the molecule is CCOC(=O)c1ccc(NC(=O)CCCC(=O)OCC(=O)Nc2ccc(C)cc2C)cc1. The topological polar surface area (TPSA) is 111 Å². The summed E-state index contributed by atoms with van der Waals surface area (Å²) < 4.78 is 9.87. The van der Waals surface area contributed by atoms with Crippen LogP contribution < -0.4 is 10.6 Å². The van der Waals surface area contributed by atoms with Gasteiger partial charge in [0.15, 0.2) is 6.61 Å². The smallest absolute Gasteiger partial charge is 0.338 e. The summed E-state index contributed by atoms with van der Waals surface area (Å²) in [5, 5.41) is 5.40. The van der Waals surface area contributed by atoms with E-state index >= 15 is 0 Å². The summed E-state index contributed by atoms with van der Waals surface area (Å²) >= 11 is 0. The van der Waals surface area contributed by atoms with Crippen molar-refractivity contribution >= 4 is 35.1 Å². The number of aryl methyl sites for hydroxylation is 2. The maximum atomic E-state index is 12.0. The highest BCUT2D eigenvalue weighted by Gasteiger charge is 2.11. The summed E-state index contributed by atoms with van der Waals surface area (Å²) in [6.07, 6.45) is 0.416. The van der Waals surface area contributed by atoms with Gasteiger partial charge in [0, 0.05) is 24.2 Å². The summed E-state index contributed by atoms with van der Waals surface area (Å²) in [6, 6.07) is 12.0. The second-order valence-corrected chi connectivity index (χ2v) is 7.23. The Morgan fingerprint density at radius 1 is 0.844 bits per heavy atom. The Labute approximate surface area is 187 Å². The molecule has 0 heterocycles. The largest absolute Gasteiger partial charge is 0.462 e. The molecule has 0 fully saturated rings. The lowest BCUT2D eigenvalue weighted by Crippen LogP contribution is -2.21. The van der Waals surface area contributed by atoms with Crippen molar-refractivity contribution in [2.75, 3.05) is 23.8 Å². The van der Waals surface area contributed by atoms with Crippen LogP contribution in [0, 0.1) is 13.8 Å². The molecule has 0 atom stereocenters. The molecule has 8 nitrogen and oxygen atoms in total. The number of carbonyl (C=O) groups excluding carboxylic acids is 4. The monoisotopic (exact) mass is 440 g/mol. The van der Waals surface area contributed by atoms with Crippen molar-refractivity contribution in [3.63, 3.8) is 0 Å². The predicted molar refractivity (Wildman–Crippen MR) is 120 cm³/mol. The average Bonchev–Trinajstić information content (AvgIpc) is 2.75. The van der Waals surface area contributed by atoms with Crippen molar-refractivity contribution in [1.82, 2.24) is 0 Å². The molecule has 2 aromatic carbocycles. The Hall–Kier alpha value is -3.68. The maximum Gasteiger partial charge on any atom is 0.338 e. The van der Waals surface area contributed by atoms with Crippen LogP contribution in [-0.2, 0) is 23.9 Å². The molecule has 32 heavy (non-hydrogen) atoms. The molecule has 2 rings (SSSR count). The van der Waals surface area contributed by atoms with Crippen molar-refractivity contribution in [2.24, 2.45) is 0 Å². The van der Waals surface area contributed by atoms with E-state index in [2.05, 4.69) is 10.6 Å². The second-order valence-electron chi connectivity index (χ2n) is 7.23. The molecular formula is C24H28N2O6. The van der Waals surface area contributed by atoms with Gasteiger partial charge in [0.1, 0.15) is 0 Å².